The largest absolute Gasteiger partial charge is 0.323 e. The van der Waals surface area contributed by atoms with Crippen LogP contribution in [0.3, 0.4) is 0 Å². The van der Waals surface area contributed by atoms with E-state index in [0.29, 0.717) is 0 Å². The molecule has 0 saturated heterocycles. The smallest absolute Gasteiger partial charge is 0.123 e. The van der Waals surface area contributed by atoms with Gasteiger partial charge < -0.3 is 5.73 Å². The van der Waals surface area contributed by atoms with E-state index in [-0.39, 0.29) is 17.9 Å². The summed E-state index contributed by atoms with van der Waals surface area (Å²) in [4.78, 5) is 2.36. The van der Waals surface area contributed by atoms with E-state index in [1.165, 1.54) is 12.1 Å². The molecule has 2 N–H and O–H groups in total. The Morgan fingerprint density at radius 2 is 1.82 bits per heavy atom. The van der Waals surface area contributed by atoms with Crippen LogP contribution in [0.25, 0.3) is 0 Å². The topological polar surface area (TPSA) is 29.3 Å². The first-order valence-electron chi connectivity index (χ1n) is 6.35. The molecular weight excluding hydrogens is 215 g/mol. The summed E-state index contributed by atoms with van der Waals surface area (Å²) in [6.07, 6.45) is 1.12. The first-order valence-corrected chi connectivity index (χ1v) is 6.35. The van der Waals surface area contributed by atoms with Gasteiger partial charge in [-0.3, -0.25) is 4.90 Å². The van der Waals surface area contributed by atoms with Gasteiger partial charge in [-0.1, -0.05) is 26.0 Å². The predicted molar refractivity (Wildman–Crippen MR) is 70.3 cm³/mol. The van der Waals surface area contributed by atoms with Crippen LogP contribution in [0.5, 0.6) is 0 Å². The lowest BCUT2D eigenvalue weighted by atomic mass is 10.00. The van der Waals surface area contributed by atoms with Crippen molar-refractivity contribution in [3.8, 4) is 0 Å². The molecule has 2 atom stereocenters. The SMILES string of the molecule is CCCN(CC)C(C)C(N)c1ccc(F)cc1. The van der Waals surface area contributed by atoms with Crippen LogP contribution in [0, 0.1) is 5.82 Å². The molecule has 0 aliphatic rings. The van der Waals surface area contributed by atoms with E-state index in [2.05, 4.69) is 25.7 Å². The average molecular weight is 238 g/mol. The molecule has 2 unspecified atom stereocenters. The first kappa shape index (κ1) is 14.1. The molecule has 0 fully saturated rings. The number of nitrogens with zero attached hydrogens (tertiary/aromatic N) is 1. The number of hydrogen-bond donors (Lipinski definition) is 1. The fourth-order valence-corrected chi connectivity index (χ4v) is 2.13. The second-order valence-electron chi connectivity index (χ2n) is 4.45. The highest BCUT2D eigenvalue weighted by Gasteiger charge is 2.20. The van der Waals surface area contributed by atoms with Crippen molar-refractivity contribution in [1.29, 1.82) is 0 Å². The maximum absolute atomic E-state index is 12.8. The molecule has 0 radical (unpaired) electrons. The Labute approximate surface area is 104 Å². The molecule has 0 saturated carbocycles. The standard InChI is InChI=1S/C14H23FN2/c1-4-10-17(5-2)11(3)14(16)12-6-8-13(15)9-7-12/h6-9,11,14H,4-5,10,16H2,1-3H3. The lowest BCUT2D eigenvalue weighted by Crippen LogP contribution is -2.41. The van der Waals surface area contributed by atoms with Crippen molar-refractivity contribution in [3.05, 3.63) is 35.6 Å². The highest BCUT2D eigenvalue weighted by molar-refractivity contribution is 5.20. The lowest BCUT2D eigenvalue weighted by molar-refractivity contribution is 0.194. The molecule has 0 aliphatic heterocycles. The van der Waals surface area contributed by atoms with Crippen molar-refractivity contribution in [2.75, 3.05) is 13.1 Å². The fraction of sp³-hybridized carbons (Fsp3) is 0.571. The summed E-state index contributed by atoms with van der Waals surface area (Å²) in [6, 6.07) is 6.69. The van der Waals surface area contributed by atoms with E-state index >= 15 is 0 Å². The number of hydrogen-bond acceptors (Lipinski definition) is 2. The van der Waals surface area contributed by atoms with Crippen molar-refractivity contribution in [2.45, 2.75) is 39.3 Å². The van der Waals surface area contributed by atoms with E-state index in [1.54, 1.807) is 12.1 Å². The molecule has 96 valence electrons. The third kappa shape index (κ3) is 3.79. The number of benzene rings is 1. The molecule has 0 spiro atoms. The Balaban J connectivity index is 2.73. The van der Waals surface area contributed by atoms with Crippen LogP contribution in [0.4, 0.5) is 4.39 Å². The minimum absolute atomic E-state index is 0.0675. The molecule has 0 aliphatic carbocycles. The number of rotatable bonds is 6. The van der Waals surface area contributed by atoms with Gasteiger partial charge in [0, 0.05) is 12.1 Å². The van der Waals surface area contributed by atoms with Gasteiger partial charge in [-0.15, -0.1) is 0 Å². The zero-order valence-corrected chi connectivity index (χ0v) is 11.0. The number of halogens is 1. The van der Waals surface area contributed by atoms with Crippen molar-refractivity contribution >= 4 is 0 Å². The van der Waals surface area contributed by atoms with Gasteiger partial charge in [0.25, 0.3) is 0 Å². The van der Waals surface area contributed by atoms with Crippen LogP contribution in [0.2, 0.25) is 0 Å². The van der Waals surface area contributed by atoms with Gasteiger partial charge in [0.05, 0.1) is 0 Å². The lowest BCUT2D eigenvalue weighted by Gasteiger charge is -2.32. The van der Waals surface area contributed by atoms with Crippen LogP contribution < -0.4 is 5.73 Å². The predicted octanol–water partition coefficient (Wildman–Crippen LogP) is 2.95. The summed E-state index contributed by atoms with van der Waals surface area (Å²) >= 11 is 0. The Bertz CT molecular complexity index is 323. The summed E-state index contributed by atoms with van der Waals surface area (Å²) in [6.45, 7) is 8.48. The van der Waals surface area contributed by atoms with E-state index in [1.807, 2.05) is 0 Å². The van der Waals surface area contributed by atoms with Crippen molar-refractivity contribution < 1.29 is 4.39 Å². The second-order valence-corrected chi connectivity index (χ2v) is 4.45. The summed E-state index contributed by atoms with van der Waals surface area (Å²) in [5, 5.41) is 0. The zero-order valence-electron chi connectivity index (χ0n) is 11.0. The molecule has 3 heteroatoms. The van der Waals surface area contributed by atoms with Crippen LogP contribution in [-0.2, 0) is 0 Å². The molecule has 0 amide bonds. The van der Waals surface area contributed by atoms with Crippen LogP contribution in [0.1, 0.15) is 38.8 Å². The van der Waals surface area contributed by atoms with Crippen LogP contribution in [-0.4, -0.2) is 24.0 Å². The number of nitrogens with two attached hydrogens (primary N) is 1. The molecule has 1 rings (SSSR count). The molecule has 1 aromatic carbocycles. The Hall–Kier alpha value is -0.930. The molecule has 2 nitrogen and oxygen atoms in total. The van der Waals surface area contributed by atoms with E-state index in [0.717, 1.165) is 25.1 Å². The highest BCUT2D eigenvalue weighted by Crippen LogP contribution is 2.19. The van der Waals surface area contributed by atoms with Crippen molar-refractivity contribution in [3.63, 3.8) is 0 Å². The third-order valence-electron chi connectivity index (χ3n) is 3.27. The zero-order chi connectivity index (χ0) is 12.8. The van der Waals surface area contributed by atoms with Crippen LogP contribution in [0.15, 0.2) is 24.3 Å². The average Bonchev–Trinajstić information content (AvgIpc) is 2.35. The van der Waals surface area contributed by atoms with Crippen molar-refractivity contribution in [1.82, 2.24) is 4.90 Å². The molecular formula is C14H23FN2. The first-order chi connectivity index (χ1) is 8.10. The summed E-state index contributed by atoms with van der Waals surface area (Å²) in [5.41, 5.74) is 7.23. The van der Waals surface area contributed by atoms with Crippen LogP contribution >= 0.6 is 0 Å². The molecule has 1 aromatic rings. The second kappa shape index (κ2) is 6.72. The minimum Gasteiger partial charge on any atom is -0.323 e. The van der Waals surface area contributed by atoms with Gasteiger partial charge in [-0.25, -0.2) is 4.39 Å². The van der Waals surface area contributed by atoms with E-state index < -0.39 is 0 Å². The quantitative estimate of drug-likeness (QED) is 0.825. The van der Waals surface area contributed by atoms with E-state index in [4.69, 9.17) is 5.73 Å². The molecule has 0 heterocycles. The maximum atomic E-state index is 12.8. The Morgan fingerprint density at radius 3 is 2.29 bits per heavy atom. The maximum Gasteiger partial charge on any atom is 0.123 e. The fourth-order valence-electron chi connectivity index (χ4n) is 2.13. The monoisotopic (exact) mass is 238 g/mol. The molecule has 0 bridgehead atoms. The number of likely N-dealkylation sites (N-methyl/N-ethyl adjacent to an activating group) is 1. The Morgan fingerprint density at radius 1 is 1.24 bits per heavy atom. The molecule has 0 aromatic heterocycles. The summed E-state index contributed by atoms with van der Waals surface area (Å²) in [5.74, 6) is -0.213. The van der Waals surface area contributed by atoms with Gasteiger partial charge in [0.1, 0.15) is 5.82 Å². The summed E-state index contributed by atoms with van der Waals surface area (Å²) < 4.78 is 12.8. The summed E-state index contributed by atoms with van der Waals surface area (Å²) in [7, 11) is 0. The van der Waals surface area contributed by atoms with Gasteiger partial charge >= 0.3 is 0 Å². The normalized spacial score (nSPS) is 14.9. The van der Waals surface area contributed by atoms with Gasteiger partial charge in [0.2, 0.25) is 0 Å². The highest BCUT2D eigenvalue weighted by atomic mass is 19.1. The minimum atomic E-state index is -0.213. The van der Waals surface area contributed by atoms with Gasteiger partial charge in [0.15, 0.2) is 0 Å². The Kier molecular flexibility index (Phi) is 5.59. The molecule has 17 heavy (non-hydrogen) atoms. The van der Waals surface area contributed by atoms with Crippen molar-refractivity contribution in [2.24, 2.45) is 5.73 Å². The van der Waals surface area contributed by atoms with Gasteiger partial charge in [-0.2, -0.15) is 0 Å². The third-order valence-corrected chi connectivity index (χ3v) is 3.27. The van der Waals surface area contributed by atoms with Gasteiger partial charge in [-0.05, 0) is 44.1 Å². The van der Waals surface area contributed by atoms with E-state index in [9.17, 15) is 4.39 Å².